The summed E-state index contributed by atoms with van der Waals surface area (Å²) in [5.41, 5.74) is 1.59. The van der Waals surface area contributed by atoms with Crippen LogP contribution in [0.1, 0.15) is 64.7 Å². The van der Waals surface area contributed by atoms with Gasteiger partial charge in [-0.2, -0.15) is 0 Å². The first kappa shape index (κ1) is 19.7. The van der Waals surface area contributed by atoms with Crippen LogP contribution in [0.15, 0.2) is 0 Å². The summed E-state index contributed by atoms with van der Waals surface area (Å²) in [5.74, 6) is 23.4. The van der Waals surface area contributed by atoms with Crippen LogP contribution >= 0.6 is 0 Å². The standard InChI is InChI=1S/C19H23NO2/c1-2-3-4-5-6-7-8-9-10-11-12-13-14-15-16-17-18-19(21)20-22/h22H,2-4,7,10,13,16-18H2,1H3,(H,20,21). The summed E-state index contributed by atoms with van der Waals surface area (Å²) in [6.45, 7) is 2.15. The van der Waals surface area contributed by atoms with Crippen molar-refractivity contribution in [2.45, 2.75) is 64.7 Å². The predicted octanol–water partition coefficient (Wildman–Crippen LogP) is 3.04. The van der Waals surface area contributed by atoms with Crippen LogP contribution in [-0.2, 0) is 4.79 Å². The van der Waals surface area contributed by atoms with Crippen LogP contribution in [0.5, 0.6) is 0 Å². The molecular formula is C19H23NO2. The Morgan fingerprint density at radius 2 is 1.27 bits per heavy atom. The van der Waals surface area contributed by atoms with Gasteiger partial charge in [-0.25, -0.2) is 5.48 Å². The molecule has 0 saturated heterocycles. The lowest BCUT2D eigenvalue weighted by atomic mass is 10.2. The lowest BCUT2D eigenvalue weighted by Gasteiger charge is -1.93. The van der Waals surface area contributed by atoms with Crippen LogP contribution in [0.25, 0.3) is 0 Å². The van der Waals surface area contributed by atoms with E-state index >= 15 is 0 Å². The summed E-state index contributed by atoms with van der Waals surface area (Å²) in [6.07, 6.45) is 6.53. The maximum absolute atomic E-state index is 10.7. The zero-order valence-corrected chi connectivity index (χ0v) is 13.2. The van der Waals surface area contributed by atoms with Gasteiger partial charge >= 0.3 is 0 Å². The van der Waals surface area contributed by atoms with Gasteiger partial charge < -0.3 is 0 Å². The Morgan fingerprint density at radius 3 is 1.73 bits per heavy atom. The number of nitrogens with one attached hydrogen (secondary N) is 1. The molecule has 3 heteroatoms. The normalized spacial score (nSPS) is 7.91. The summed E-state index contributed by atoms with van der Waals surface area (Å²) in [6, 6.07) is 0. The lowest BCUT2D eigenvalue weighted by molar-refractivity contribution is -0.129. The van der Waals surface area contributed by atoms with E-state index in [-0.39, 0.29) is 12.3 Å². The highest BCUT2D eigenvalue weighted by Crippen LogP contribution is 1.93. The first-order chi connectivity index (χ1) is 10.8. The predicted molar refractivity (Wildman–Crippen MR) is 88.3 cm³/mol. The summed E-state index contributed by atoms with van der Waals surface area (Å²) >= 11 is 0. The molecule has 0 aromatic carbocycles. The third-order valence-corrected chi connectivity index (χ3v) is 2.52. The van der Waals surface area contributed by atoms with Crippen LogP contribution in [-0.4, -0.2) is 11.1 Å². The Kier molecular flexibility index (Phi) is 15.0. The molecular weight excluding hydrogens is 274 g/mol. The van der Waals surface area contributed by atoms with Crippen molar-refractivity contribution in [3.8, 4) is 47.4 Å². The average Bonchev–Trinajstić information content (AvgIpc) is 2.54. The Balaban J connectivity index is 3.61. The largest absolute Gasteiger partial charge is 0.289 e. The van der Waals surface area contributed by atoms with Crippen molar-refractivity contribution < 1.29 is 10.0 Å². The highest BCUT2D eigenvalue weighted by atomic mass is 16.5. The molecule has 0 atom stereocenters. The van der Waals surface area contributed by atoms with E-state index in [1.54, 1.807) is 5.48 Å². The summed E-state index contributed by atoms with van der Waals surface area (Å²) in [5, 5.41) is 8.29. The Hall–Kier alpha value is -2.33. The SMILES string of the molecule is CCCCC#CCC#CCC#CCC#CCCCC(=O)NO. The van der Waals surface area contributed by atoms with E-state index in [9.17, 15) is 4.79 Å². The molecule has 0 fully saturated rings. The van der Waals surface area contributed by atoms with Gasteiger partial charge in [0.1, 0.15) is 0 Å². The van der Waals surface area contributed by atoms with Crippen molar-refractivity contribution in [1.82, 2.24) is 5.48 Å². The molecule has 0 radical (unpaired) electrons. The molecule has 0 heterocycles. The number of rotatable bonds is 5. The lowest BCUT2D eigenvalue weighted by Crippen LogP contribution is -2.17. The molecule has 0 bridgehead atoms. The van der Waals surface area contributed by atoms with Crippen molar-refractivity contribution in [3.05, 3.63) is 0 Å². The smallest absolute Gasteiger partial charge is 0.243 e. The second-order valence-corrected chi connectivity index (χ2v) is 4.44. The molecule has 3 nitrogen and oxygen atoms in total. The quantitative estimate of drug-likeness (QED) is 0.355. The van der Waals surface area contributed by atoms with Crippen molar-refractivity contribution in [1.29, 1.82) is 0 Å². The third kappa shape index (κ3) is 15.7. The van der Waals surface area contributed by atoms with Gasteiger partial charge in [0, 0.05) is 19.3 Å². The van der Waals surface area contributed by atoms with Crippen molar-refractivity contribution >= 4 is 5.91 Å². The van der Waals surface area contributed by atoms with Crippen molar-refractivity contribution in [2.24, 2.45) is 0 Å². The Labute approximate surface area is 134 Å². The van der Waals surface area contributed by atoms with E-state index in [2.05, 4.69) is 54.3 Å². The van der Waals surface area contributed by atoms with Crippen LogP contribution < -0.4 is 5.48 Å². The van der Waals surface area contributed by atoms with Gasteiger partial charge in [-0.05, 0) is 12.8 Å². The van der Waals surface area contributed by atoms with Gasteiger partial charge in [-0.3, -0.25) is 10.0 Å². The number of hydrogen-bond donors (Lipinski definition) is 2. The van der Waals surface area contributed by atoms with Crippen LogP contribution in [0.4, 0.5) is 0 Å². The maximum Gasteiger partial charge on any atom is 0.243 e. The fourth-order valence-electron chi connectivity index (χ4n) is 1.34. The summed E-state index contributed by atoms with van der Waals surface area (Å²) in [7, 11) is 0. The average molecular weight is 297 g/mol. The third-order valence-electron chi connectivity index (χ3n) is 2.52. The van der Waals surface area contributed by atoms with Gasteiger partial charge in [0.2, 0.25) is 5.91 Å². The minimum Gasteiger partial charge on any atom is -0.289 e. The second-order valence-electron chi connectivity index (χ2n) is 4.44. The maximum atomic E-state index is 10.7. The molecule has 0 unspecified atom stereocenters. The molecule has 0 aliphatic rings. The van der Waals surface area contributed by atoms with E-state index in [1.807, 2.05) is 0 Å². The molecule has 0 spiro atoms. The minimum absolute atomic E-state index is 0.286. The molecule has 0 rings (SSSR count). The van der Waals surface area contributed by atoms with Crippen molar-refractivity contribution in [3.63, 3.8) is 0 Å². The summed E-state index contributed by atoms with van der Waals surface area (Å²) < 4.78 is 0. The van der Waals surface area contributed by atoms with Gasteiger partial charge in [0.25, 0.3) is 0 Å². The van der Waals surface area contributed by atoms with E-state index in [4.69, 9.17) is 5.21 Å². The van der Waals surface area contributed by atoms with E-state index in [0.29, 0.717) is 32.1 Å². The van der Waals surface area contributed by atoms with Gasteiger partial charge in [0.15, 0.2) is 0 Å². The highest BCUT2D eigenvalue weighted by Gasteiger charge is 1.95. The molecule has 22 heavy (non-hydrogen) atoms. The Bertz CT molecular complexity index is 547. The van der Waals surface area contributed by atoms with E-state index < -0.39 is 0 Å². The highest BCUT2D eigenvalue weighted by molar-refractivity contribution is 5.74. The molecule has 0 aromatic rings. The van der Waals surface area contributed by atoms with Crippen molar-refractivity contribution in [2.75, 3.05) is 0 Å². The molecule has 0 aliphatic carbocycles. The van der Waals surface area contributed by atoms with Crippen LogP contribution in [0, 0.1) is 47.4 Å². The monoisotopic (exact) mass is 297 g/mol. The zero-order valence-electron chi connectivity index (χ0n) is 13.2. The first-order valence-electron chi connectivity index (χ1n) is 7.57. The zero-order chi connectivity index (χ0) is 16.3. The molecule has 116 valence electrons. The fraction of sp³-hybridized carbons (Fsp3) is 0.526. The fourth-order valence-corrected chi connectivity index (χ4v) is 1.34. The second kappa shape index (κ2) is 16.7. The number of unbranched alkanes of at least 4 members (excludes halogenated alkanes) is 3. The molecule has 0 aromatic heterocycles. The minimum atomic E-state index is -0.379. The topological polar surface area (TPSA) is 49.3 Å². The van der Waals surface area contributed by atoms with Crippen LogP contribution in [0.3, 0.4) is 0 Å². The number of hydroxylamine groups is 1. The molecule has 1 amide bonds. The number of carbonyl (C=O) groups excluding carboxylic acids is 1. The Morgan fingerprint density at radius 1 is 0.818 bits per heavy atom. The molecule has 0 saturated carbocycles. The molecule has 0 aliphatic heterocycles. The number of amides is 1. The first-order valence-corrected chi connectivity index (χ1v) is 7.57. The van der Waals surface area contributed by atoms with Gasteiger partial charge in [-0.1, -0.05) is 48.9 Å². The summed E-state index contributed by atoms with van der Waals surface area (Å²) in [4.78, 5) is 10.7. The van der Waals surface area contributed by atoms with Gasteiger partial charge in [0.05, 0.1) is 19.3 Å². The number of hydrogen-bond acceptors (Lipinski definition) is 2. The van der Waals surface area contributed by atoms with Crippen LogP contribution in [0.2, 0.25) is 0 Å². The number of carbonyl (C=O) groups is 1. The van der Waals surface area contributed by atoms with E-state index in [0.717, 1.165) is 12.8 Å². The molecule has 2 N–H and O–H groups in total. The van der Waals surface area contributed by atoms with E-state index in [1.165, 1.54) is 6.42 Å². The van der Waals surface area contributed by atoms with Gasteiger partial charge in [-0.15, -0.1) is 11.8 Å².